The Labute approximate surface area is 62.7 Å². The van der Waals surface area contributed by atoms with Crippen LogP contribution in [0, 0.1) is 0 Å². The van der Waals surface area contributed by atoms with Gasteiger partial charge in [-0.3, -0.25) is 4.79 Å². The van der Waals surface area contributed by atoms with Gasteiger partial charge in [0.15, 0.2) is 0 Å². The van der Waals surface area contributed by atoms with E-state index in [4.69, 9.17) is 5.11 Å². The molecule has 0 radical (unpaired) electrons. The van der Waals surface area contributed by atoms with E-state index in [9.17, 15) is 9.59 Å². The quantitative estimate of drug-likeness (QED) is 0.377. The van der Waals surface area contributed by atoms with Gasteiger partial charge >= 0.3 is 5.97 Å². The topological polar surface area (TPSA) is 54.4 Å². The van der Waals surface area contributed by atoms with Gasteiger partial charge in [-0.1, -0.05) is 6.08 Å². The van der Waals surface area contributed by atoms with E-state index in [0.29, 0.717) is 0 Å². The smallest absolute Gasteiger partial charge is 0.372 e. The SMILES string of the molecule is C=CCC(=O)C(=O)O.[Ni]. The van der Waals surface area contributed by atoms with Crippen molar-refractivity contribution >= 4 is 11.8 Å². The second kappa shape index (κ2) is 5.51. The summed E-state index contributed by atoms with van der Waals surface area (Å²) in [5, 5.41) is 7.92. The van der Waals surface area contributed by atoms with Crippen molar-refractivity contribution in [3.05, 3.63) is 12.7 Å². The van der Waals surface area contributed by atoms with Crippen molar-refractivity contribution in [2.75, 3.05) is 0 Å². The van der Waals surface area contributed by atoms with Gasteiger partial charge in [0, 0.05) is 22.9 Å². The second-order valence-corrected chi connectivity index (χ2v) is 1.22. The van der Waals surface area contributed by atoms with Gasteiger partial charge in [0.1, 0.15) is 0 Å². The number of ketones is 1. The summed E-state index contributed by atoms with van der Waals surface area (Å²) in [6.45, 7) is 3.20. The van der Waals surface area contributed by atoms with Crippen molar-refractivity contribution in [3.63, 3.8) is 0 Å². The van der Waals surface area contributed by atoms with Gasteiger partial charge in [0.05, 0.1) is 0 Å². The Balaban J connectivity index is 0. The summed E-state index contributed by atoms with van der Waals surface area (Å²) in [5.74, 6) is -2.22. The Bertz CT molecular complexity index is 130. The van der Waals surface area contributed by atoms with Crippen LogP contribution in [-0.4, -0.2) is 16.9 Å². The minimum absolute atomic E-state index is 0. The van der Waals surface area contributed by atoms with Crippen molar-refractivity contribution in [1.82, 2.24) is 0 Å². The first kappa shape index (κ1) is 11.2. The first-order valence-electron chi connectivity index (χ1n) is 2.05. The van der Waals surface area contributed by atoms with Gasteiger partial charge in [0.25, 0.3) is 0 Å². The van der Waals surface area contributed by atoms with Gasteiger partial charge in [-0.2, -0.15) is 0 Å². The first-order valence-corrected chi connectivity index (χ1v) is 2.05. The number of hydrogen-bond acceptors (Lipinski definition) is 2. The zero-order valence-corrected chi connectivity index (χ0v) is 5.56. The summed E-state index contributed by atoms with van der Waals surface area (Å²) in [4.78, 5) is 19.8. The summed E-state index contributed by atoms with van der Waals surface area (Å²) < 4.78 is 0. The normalized spacial score (nSPS) is 7.11. The summed E-state index contributed by atoms with van der Waals surface area (Å²) in [6, 6.07) is 0. The van der Waals surface area contributed by atoms with Crippen molar-refractivity contribution in [1.29, 1.82) is 0 Å². The van der Waals surface area contributed by atoms with Crippen LogP contribution in [0.5, 0.6) is 0 Å². The molecule has 9 heavy (non-hydrogen) atoms. The molecule has 4 heteroatoms. The summed E-state index contributed by atoms with van der Waals surface area (Å²) in [5.41, 5.74) is 0. The largest absolute Gasteiger partial charge is 0.475 e. The molecule has 0 aromatic carbocycles. The Hall–Kier alpha value is -0.626. The molecule has 0 aliphatic rings. The molecule has 0 saturated carbocycles. The van der Waals surface area contributed by atoms with E-state index in [0.717, 1.165) is 0 Å². The fourth-order valence-electron chi connectivity index (χ4n) is 0.218. The van der Waals surface area contributed by atoms with Crippen molar-refractivity contribution in [2.24, 2.45) is 0 Å². The maximum atomic E-state index is 10.1. The van der Waals surface area contributed by atoms with Crippen LogP contribution in [0.1, 0.15) is 6.42 Å². The molecule has 0 saturated heterocycles. The van der Waals surface area contributed by atoms with E-state index >= 15 is 0 Å². The van der Waals surface area contributed by atoms with Crippen LogP contribution in [0.2, 0.25) is 0 Å². The van der Waals surface area contributed by atoms with E-state index in [1.54, 1.807) is 0 Å². The fourth-order valence-corrected chi connectivity index (χ4v) is 0.218. The molecular formula is C5H6NiO3. The molecule has 0 aromatic rings. The molecule has 1 N–H and O–H groups in total. The molecule has 0 unspecified atom stereocenters. The van der Waals surface area contributed by atoms with Crippen LogP contribution in [0.15, 0.2) is 12.7 Å². The van der Waals surface area contributed by atoms with Crippen LogP contribution in [0.4, 0.5) is 0 Å². The minimum atomic E-state index is -1.40. The van der Waals surface area contributed by atoms with Crippen LogP contribution in [0.25, 0.3) is 0 Å². The number of allylic oxidation sites excluding steroid dienone is 1. The second-order valence-electron chi connectivity index (χ2n) is 1.22. The molecule has 0 aliphatic carbocycles. The maximum absolute atomic E-state index is 10.1. The average Bonchev–Trinajstić information content (AvgIpc) is 1.67. The third-order valence-corrected chi connectivity index (χ3v) is 0.568. The Kier molecular flexibility index (Phi) is 6.86. The number of carboxylic acid groups (broad SMARTS) is 1. The van der Waals surface area contributed by atoms with Gasteiger partial charge in [-0.05, 0) is 0 Å². The van der Waals surface area contributed by atoms with Crippen molar-refractivity contribution < 1.29 is 31.2 Å². The Morgan fingerprint density at radius 3 is 2.11 bits per heavy atom. The van der Waals surface area contributed by atoms with E-state index in [2.05, 4.69) is 6.58 Å². The predicted octanol–water partition coefficient (Wildman–Crippen LogP) is 0.214. The van der Waals surface area contributed by atoms with Crippen LogP contribution < -0.4 is 0 Å². The van der Waals surface area contributed by atoms with Crippen LogP contribution in [-0.2, 0) is 26.1 Å². The third-order valence-electron chi connectivity index (χ3n) is 0.568. The number of Topliss-reactive ketones (excluding diaryl/α,β-unsaturated/α-hetero) is 1. The number of hydrogen-bond donors (Lipinski definition) is 1. The molecule has 0 aliphatic heterocycles. The molecule has 0 spiro atoms. The third kappa shape index (κ3) is 5.24. The van der Waals surface area contributed by atoms with Crippen LogP contribution >= 0.6 is 0 Å². The number of rotatable bonds is 3. The molecule has 0 rings (SSSR count). The number of carboxylic acids is 1. The average molecular weight is 173 g/mol. The van der Waals surface area contributed by atoms with Crippen molar-refractivity contribution in [3.8, 4) is 0 Å². The molecule has 3 nitrogen and oxygen atoms in total. The standard InChI is InChI=1S/C5H6O3.Ni/c1-2-3-4(6)5(7)8;/h2H,1,3H2,(H,7,8);. The van der Waals surface area contributed by atoms with Gasteiger partial charge < -0.3 is 5.11 Å². The number of carbonyl (C=O) groups excluding carboxylic acids is 1. The maximum Gasteiger partial charge on any atom is 0.372 e. The predicted molar refractivity (Wildman–Crippen MR) is 27.5 cm³/mol. The molecule has 0 atom stereocenters. The Morgan fingerprint density at radius 2 is 2.00 bits per heavy atom. The van der Waals surface area contributed by atoms with E-state index < -0.39 is 11.8 Å². The number of aliphatic carboxylic acids is 1. The van der Waals surface area contributed by atoms with Gasteiger partial charge in [-0.25, -0.2) is 4.79 Å². The molecule has 0 aromatic heterocycles. The fraction of sp³-hybridized carbons (Fsp3) is 0.200. The molecule has 0 bridgehead atoms. The van der Waals surface area contributed by atoms with Crippen LogP contribution in [0.3, 0.4) is 0 Å². The monoisotopic (exact) mass is 172 g/mol. The zero-order valence-electron chi connectivity index (χ0n) is 4.57. The summed E-state index contributed by atoms with van der Waals surface area (Å²) in [6.07, 6.45) is 1.17. The minimum Gasteiger partial charge on any atom is -0.475 e. The molecule has 0 heterocycles. The summed E-state index contributed by atoms with van der Waals surface area (Å²) >= 11 is 0. The molecular weight excluding hydrogens is 167 g/mol. The first-order chi connectivity index (χ1) is 3.68. The Morgan fingerprint density at radius 1 is 1.56 bits per heavy atom. The summed E-state index contributed by atoms with van der Waals surface area (Å²) in [7, 11) is 0. The van der Waals surface area contributed by atoms with Crippen molar-refractivity contribution in [2.45, 2.75) is 6.42 Å². The molecule has 0 amide bonds. The van der Waals surface area contributed by atoms with Gasteiger partial charge in [-0.15, -0.1) is 6.58 Å². The molecule has 54 valence electrons. The van der Waals surface area contributed by atoms with Gasteiger partial charge in [0.2, 0.25) is 5.78 Å². The number of carbonyl (C=O) groups is 2. The molecule has 0 fully saturated rings. The van der Waals surface area contributed by atoms with E-state index in [-0.39, 0.29) is 22.9 Å². The zero-order chi connectivity index (χ0) is 6.57. The van der Waals surface area contributed by atoms with E-state index in [1.165, 1.54) is 6.08 Å². The van der Waals surface area contributed by atoms with E-state index in [1.807, 2.05) is 0 Å².